The van der Waals surface area contributed by atoms with Crippen LogP contribution in [0.15, 0.2) is 12.1 Å². The lowest BCUT2D eigenvalue weighted by molar-refractivity contribution is -0.181. The van der Waals surface area contributed by atoms with Crippen molar-refractivity contribution in [3.63, 3.8) is 0 Å². The summed E-state index contributed by atoms with van der Waals surface area (Å²) in [6.07, 6.45) is 2.81. The number of hydrogen-bond donors (Lipinski definition) is 3. The van der Waals surface area contributed by atoms with Gasteiger partial charge >= 0.3 is 0 Å². The molecular formula is C27H30N2O7. The molecule has 190 valence electrons. The second-order valence-electron chi connectivity index (χ2n) is 10.2. The summed E-state index contributed by atoms with van der Waals surface area (Å²) in [5.74, 6) is -4.34. The van der Waals surface area contributed by atoms with E-state index in [0.717, 1.165) is 12.8 Å². The molecular weight excluding hydrogens is 464 g/mol. The largest absolute Gasteiger partial charge is 0.507 e. The topological polar surface area (TPSA) is 155 Å². The summed E-state index contributed by atoms with van der Waals surface area (Å²) in [5, 5.41) is 22.1. The molecule has 0 heterocycles. The first-order valence-corrected chi connectivity index (χ1v) is 12.1. The molecule has 1 aromatic carbocycles. The van der Waals surface area contributed by atoms with Crippen molar-refractivity contribution in [1.82, 2.24) is 4.90 Å². The van der Waals surface area contributed by atoms with Crippen molar-refractivity contribution in [2.45, 2.75) is 50.7 Å². The number of ketones is 4. The normalized spacial score (nSPS) is 31.3. The first-order valence-electron chi connectivity index (χ1n) is 12.1. The highest BCUT2D eigenvalue weighted by molar-refractivity contribution is 6.32. The molecule has 6 atom stereocenters. The van der Waals surface area contributed by atoms with E-state index in [1.54, 1.807) is 20.2 Å². The van der Waals surface area contributed by atoms with Crippen LogP contribution in [0.4, 0.5) is 0 Å². The zero-order valence-electron chi connectivity index (χ0n) is 20.5. The summed E-state index contributed by atoms with van der Waals surface area (Å²) in [4.78, 5) is 67.2. The van der Waals surface area contributed by atoms with E-state index in [4.69, 9.17) is 5.73 Å². The number of benzene rings is 1. The molecule has 3 aliphatic rings. The molecule has 36 heavy (non-hydrogen) atoms. The van der Waals surface area contributed by atoms with E-state index in [0.29, 0.717) is 17.5 Å². The fourth-order valence-electron chi connectivity index (χ4n) is 6.14. The molecule has 9 nitrogen and oxygen atoms in total. The molecule has 4 unspecified atom stereocenters. The van der Waals surface area contributed by atoms with E-state index in [1.807, 2.05) is 0 Å². The Morgan fingerprint density at radius 3 is 2.50 bits per heavy atom. The summed E-state index contributed by atoms with van der Waals surface area (Å²) in [6, 6.07) is 1.86. The third kappa shape index (κ3) is 3.67. The SMILES string of the molecule is CCCCC#Cc1ccc(O)c2c1CC1CC3[C@H](N(C)C)C(=O)C(C(N)=O)C(=O)[C@@]3(O)C(=O)C1C2=O. The highest BCUT2D eigenvalue weighted by Gasteiger charge is 2.69. The van der Waals surface area contributed by atoms with Crippen LogP contribution in [0.2, 0.25) is 0 Å². The van der Waals surface area contributed by atoms with E-state index >= 15 is 0 Å². The Labute approximate surface area is 209 Å². The molecule has 0 radical (unpaired) electrons. The predicted molar refractivity (Wildman–Crippen MR) is 128 cm³/mol. The molecule has 4 N–H and O–H groups in total. The summed E-state index contributed by atoms with van der Waals surface area (Å²) in [7, 11) is 3.10. The Balaban J connectivity index is 1.83. The average Bonchev–Trinajstić information content (AvgIpc) is 2.80. The zero-order valence-corrected chi connectivity index (χ0v) is 20.5. The van der Waals surface area contributed by atoms with Crippen molar-refractivity contribution in [3.05, 3.63) is 28.8 Å². The van der Waals surface area contributed by atoms with Crippen LogP contribution in [-0.2, 0) is 25.6 Å². The van der Waals surface area contributed by atoms with Gasteiger partial charge in [0.15, 0.2) is 34.7 Å². The standard InChI is InChI=1S/C27H30N2O7/c1-4-5-6-7-8-13-9-10-17(30)19-15(13)11-14-12-16-21(29(2)3)23(32)20(26(28)35)25(34)27(16,36)24(33)18(14)22(19)31/h9-10,14,16,18,20-21,30,36H,4-6,11-12H2,1-3H3,(H2,28,35)/t14?,16?,18?,20?,21-,27-/m0/s1. The number of hydrogen-bond acceptors (Lipinski definition) is 8. The third-order valence-corrected chi connectivity index (χ3v) is 7.82. The Bertz CT molecular complexity index is 1240. The van der Waals surface area contributed by atoms with E-state index in [2.05, 4.69) is 18.8 Å². The van der Waals surface area contributed by atoms with Gasteiger partial charge in [-0.3, -0.25) is 28.9 Å². The van der Waals surface area contributed by atoms with Gasteiger partial charge in [-0.15, -0.1) is 0 Å². The highest BCUT2D eigenvalue weighted by Crippen LogP contribution is 2.50. The van der Waals surface area contributed by atoms with Crippen molar-refractivity contribution in [1.29, 1.82) is 0 Å². The summed E-state index contributed by atoms with van der Waals surface area (Å²) < 4.78 is 0. The molecule has 0 saturated heterocycles. The monoisotopic (exact) mass is 494 g/mol. The second-order valence-corrected chi connectivity index (χ2v) is 10.2. The van der Waals surface area contributed by atoms with Crippen molar-refractivity contribution in [2.75, 3.05) is 14.1 Å². The number of Topliss-reactive ketones (excluding diaryl/α,β-unsaturated/α-hetero) is 4. The van der Waals surface area contributed by atoms with Gasteiger partial charge in [-0.1, -0.05) is 25.2 Å². The van der Waals surface area contributed by atoms with Crippen LogP contribution in [0, 0.1) is 35.5 Å². The molecule has 0 spiro atoms. The first kappa shape index (κ1) is 25.7. The van der Waals surface area contributed by atoms with Crippen LogP contribution in [0.25, 0.3) is 0 Å². The van der Waals surface area contributed by atoms with E-state index < -0.39 is 64.4 Å². The van der Waals surface area contributed by atoms with E-state index in [-0.39, 0.29) is 24.2 Å². The van der Waals surface area contributed by atoms with Crippen LogP contribution in [0.5, 0.6) is 5.75 Å². The van der Waals surface area contributed by atoms with E-state index in [9.17, 15) is 34.2 Å². The van der Waals surface area contributed by atoms with Gasteiger partial charge in [-0.2, -0.15) is 0 Å². The Morgan fingerprint density at radius 1 is 1.19 bits per heavy atom. The maximum Gasteiger partial charge on any atom is 0.235 e. The van der Waals surface area contributed by atoms with Gasteiger partial charge in [0.1, 0.15) is 5.75 Å². The number of carbonyl (C=O) groups is 5. The summed E-state index contributed by atoms with van der Waals surface area (Å²) in [5.41, 5.74) is 3.66. The molecule has 1 amide bonds. The molecule has 1 aromatic rings. The fraction of sp³-hybridized carbons (Fsp3) is 0.519. The number of rotatable bonds is 4. The molecule has 0 bridgehead atoms. The fourth-order valence-corrected chi connectivity index (χ4v) is 6.14. The average molecular weight is 495 g/mol. The van der Waals surface area contributed by atoms with Crippen molar-refractivity contribution in [2.24, 2.45) is 29.4 Å². The number of carbonyl (C=O) groups excluding carboxylic acids is 5. The number of phenols is 1. The van der Waals surface area contributed by atoms with E-state index in [1.165, 1.54) is 11.0 Å². The lowest BCUT2D eigenvalue weighted by Gasteiger charge is -2.52. The van der Waals surface area contributed by atoms with Crippen LogP contribution < -0.4 is 5.73 Å². The molecule has 4 rings (SSSR count). The number of phenolic OH excluding ortho intramolecular Hbond substituents is 1. The Hall–Kier alpha value is -3.35. The number of primary amides is 1. The van der Waals surface area contributed by atoms with Gasteiger partial charge in [0.25, 0.3) is 0 Å². The van der Waals surface area contributed by atoms with Gasteiger partial charge < -0.3 is 15.9 Å². The maximum absolute atomic E-state index is 13.7. The summed E-state index contributed by atoms with van der Waals surface area (Å²) in [6.45, 7) is 2.05. The van der Waals surface area contributed by atoms with Gasteiger partial charge in [0, 0.05) is 17.9 Å². The van der Waals surface area contributed by atoms with Gasteiger partial charge in [0.2, 0.25) is 5.91 Å². The lowest BCUT2D eigenvalue weighted by Crippen LogP contribution is -2.74. The molecule has 0 aliphatic heterocycles. The van der Waals surface area contributed by atoms with Crippen molar-refractivity contribution >= 4 is 29.0 Å². The second kappa shape index (κ2) is 9.26. The quantitative estimate of drug-likeness (QED) is 0.309. The maximum atomic E-state index is 13.7. The van der Waals surface area contributed by atoms with Gasteiger partial charge in [0.05, 0.1) is 17.5 Å². The van der Waals surface area contributed by atoms with Crippen LogP contribution in [0.1, 0.15) is 54.1 Å². The van der Waals surface area contributed by atoms with Crippen molar-refractivity contribution < 1.29 is 34.2 Å². The van der Waals surface area contributed by atoms with Crippen LogP contribution >= 0.6 is 0 Å². The zero-order chi connectivity index (χ0) is 26.5. The molecule has 9 heteroatoms. The van der Waals surface area contributed by atoms with Crippen LogP contribution in [-0.4, -0.2) is 69.9 Å². The molecule has 0 aromatic heterocycles. The summed E-state index contributed by atoms with van der Waals surface area (Å²) >= 11 is 0. The smallest absolute Gasteiger partial charge is 0.235 e. The van der Waals surface area contributed by atoms with Gasteiger partial charge in [-0.25, -0.2) is 0 Å². The lowest BCUT2D eigenvalue weighted by atomic mass is 9.52. The number of unbranched alkanes of at least 4 members (excludes halogenated alkanes) is 2. The minimum atomic E-state index is -2.72. The third-order valence-electron chi connectivity index (χ3n) is 7.82. The number of likely N-dealkylation sites (N-methyl/N-ethyl adjacent to an activating group) is 1. The Morgan fingerprint density at radius 2 is 1.89 bits per heavy atom. The number of nitrogens with zero attached hydrogens (tertiary/aromatic N) is 1. The molecule has 2 fully saturated rings. The number of amides is 1. The van der Waals surface area contributed by atoms with Gasteiger partial charge in [-0.05, 0) is 57.0 Å². The molecule has 3 aliphatic carbocycles. The number of fused-ring (bicyclic) bond motifs is 3. The van der Waals surface area contributed by atoms with Crippen LogP contribution in [0.3, 0.4) is 0 Å². The first-order chi connectivity index (χ1) is 17.0. The molecule has 2 saturated carbocycles. The number of aromatic hydroxyl groups is 1. The number of aliphatic hydroxyl groups is 1. The predicted octanol–water partition coefficient (Wildman–Crippen LogP) is 0.409. The minimum Gasteiger partial charge on any atom is -0.507 e. The van der Waals surface area contributed by atoms with Crippen molar-refractivity contribution in [3.8, 4) is 17.6 Å². The number of nitrogens with two attached hydrogens (primary N) is 1. The Kier molecular flexibility index (Phi) is 6.62. The highest BCUT2D eigenvalue weighted by atomic mass is 16.3. The minimum absolute atomic E-state index is 0.0161.